The maximum absolute atomic E-state index is 4.72. The number of hydrogen-bond donors (Lipinski definition) is 2. The van der Waals surface area contributed by atoms with Gasteiger partial charge in [-0.25, -0.2) is 4.99 Å². The SMILES string of the molecule is CCNC(=NCc1ccc(C)s1)NCC(C)CN1CCN(CC)CC1. The zero-order valence-corrected chi connectivity index (χ0v) is 17.2. The molecule has 0 aromatic carbocycles. The first-order valence-electron chi connectivity index (χ1n) is 9.62. The number of aliphatic imine (C=N–C) groups is 1. The summed E-state index contributed by atoms with van der Waals surface area (Å²) in [6.45, 7) is 18.6. The number of aryl methyl sites for hydroxylation is 1. The highest BCUT2D eigenvalue weighted by Gasteiger charge is 2.17. The Kier molecular flexibility index (Phi) is 8.72. The lowest BCUT2D eigenvalue weighted by molar-refractivity contribution is 0.124. The first-order chi connectivity index (χ1) is 12.1. The number of likely N-dealkylation sites (N-methyl/N-ethyl adjacent to an activating group) is 1. The van der Waals surface area contributed by atoms with E-state index in [0.29, 0.717) is 5.92 Å². The predicted octanol–water partition coefficient (Wildman–Crippen LogP) is 2.39. The quantitative estimate of drug-likeness (QED) is 0.548. The second-order valence-electron chi connectivity index (χ2n) is 6.93. The van der Waals surface area contributed by atoms with Crippen LogP contribution in [0.5, 0.6) is 0 Å². The van der Waals surface area contributed by atoms with Crippen molar-refractivity contribution >= 4 is 17.3 Å². The number of guanidine groups is 1. The smallest absolute Gasteiger partial charge is 0.191 e. The fourth-order valence-electron chi connectivity index (χ4n) is 3.13. The molecule has 25 heavy (non-hydrogen) atoms. The molecule has 1 aromatic rings. The lowest BCUT2D eigenvalue weighted by Crippen LogP contribution is -2.48. The Morgan fingerprint density at radius 1 is 1.16 bits per heavy atom. The summed E-state index contributed by atoms with van der Waals surface area (Å²) in [4.78, 5) is 12.5. The van der Waals surface area contributed by atoms with Gasteiger partial charge < -0.3 is 20.4 Å². The predicted molar refractivity (Wildman–Crippen MR) is 110 cm³/mol. The molecule has 0 saturated carbocycles. The molecule has 6 heteroatoms. The van der Waals surface area contributed by atoms with E-state index in [1.54, 1.807) is 0 Å². The van der Waals surface area contributed by atoms with Crippen LogP contribution in [0.1, 0.15) is 30.5 Å². The number of hydrogen-bond acceptors (Lipinski definition) is 4. The third kappa shape index (κ3) is 7.34. The molecule has 1 aliphatic heterocycles. The average molecular weight is 366 g/mol. The Bertz CT molecular complexity index is 520. The van der Waals surface area contributed by atoms with Gasteiger partial charge in [0.05, 0.1) is 6.54 Å². The Morgan fingerprint density at radius 2 is 1.88 bits per heavy atom. The van der Waals surface area contributed by atoms with Crippen LogP contribution < -0.4 is 10.6 Å². The lowest BCUT2D eigenvalue weighted by atomic mass is 10.1. The topological polar surface area (TPSA) is 42.9 Å². The molecule has 0 spiro atoms. The normalized spacial score (nSPS) is 18.3. The fourth-order valence-corrected chi connectivity index (χ4v) is 3.95. The molecule has 2 heterocycles. The minimum absolute atomic E-state index is 0.612. The Labute approximate surface area is 157 Å². The molecule has 1 aromatic heterocycles. The highest BCUT2D eigenvalue weighted by Crippen LogP contribution is 2.15. The van der Waals surface area contributed by atoms with Crippen molar-refractivity contribution in [3.05, 3.63) is 21.9 Å². The molecule has 0 bridgehead atoms. The van der Waals surface area contributed by atoms with Gasteiger partial charge in [0.1, 0.15) is 0 Å². The van der Waals surface area contributed by atoms with Gasteiger partial charge in [-0.05, 0) is 38.4 Å². The van der Waals surface area contributed by atoms with Crippen LogP contribution in [-0.4, -0.2) is 68.1 Å². The summed E-state index contributed by atoms with van der Waals surface area (Å²) >= 11 is 1.82. The first-order valence-corrected chi connectivity index (χ1v) is 10.4. The standard InChI is InChI=1S/C19H35N5S/c1-5-20-19(22-14-18-8-7-17(4)25-18)21-13-16(3)15-24-11-9-23(6-2)10-12-24/h7-8,16H,5-6,9-15H2,1-4H3,(H2,20,21,22). The van der Waals surface area contributed by atoms with Gasteiger partial charge in [-0.1, -0.05) is 13.8 Å². The summed E-state index contributed by atoms with van der Waals surface area (Å²) in [6, 6.07) is 4.34. The highest BCUT2D eigenvalue weighted by atomic mass is 32.1. The summed E-state index contributed by atoms with van der Waals surface area (Å²) in [6.07, 6.45) is 0. The van der Waals surface area contributed by atoms with Crippen molar-refractivity contribution in [3.8, 4) is 0 Å². The highest BCUT2D eigenvalue weighted by molar-refractivity contribution is 7.11. The number of nitrogens with zero attached hydrogens (tertiary/aromatic N) is 3. The van der Waals surface area contributed by atoms with Crippen molar-refractivity contribution in [1.82, 2.24) is 20.4 Å². The van der Waals surface area contributed by atoms with Crippen molar-refractivity contribution in [2.45, 2.75) is 34.2 Å². The molecular weight excluding hydrogens is 330 g/mol. The van der Waals surface area contributed by atoms with E-state index < -0.39 is 0 Å². The lowest BCUT2D eigenvalue weighted by Gasteiger charge is -2.35. The Morgan fingerprint density at radius 3 is 2.48 bits per heavy atom. The molecule has 5 nitrogen and oxygen atoms in total. The Hall–Kier alpha value is -1.11. The van der Waals surface area contributed by atoms with Crippen LogP contribution in [0.2, 0.25) is 0 Å². The van der Waals surface area contributed by atoms with Gasteiger partial charge in [-0.2, -0.15) is 0 Å². The molecule has 0 amide bonds. The van der Waals surface area contributed by atoms with E-state index in [0.717, 1.165) is 32.1 Å². The Balaban J connectivity index is 1.73. The van der Waals surface area contributed by atoms with Gasteiger partial charge in [0, 0.05) is 55.6 Å². The van der Waals surface area contributed by atoms with Crippen molar-refractivity contribution in [2.75, 3.05) is 52.4 Å². The van der Waals surface area contributed by atoms with Gasteiger partial charge in [0.15, 0.2) is 5.96 Å². The maximum atomic E-state index is 4.72. The number of piperazine rings is 1. The van der Waals surface area contributed by atoms with Crippen LogP contribution >= 0.6 is 11.3 Å². The van der Waals surface area contributed by atoms with E-state index in [2.05, 4.69) is 60.3 Å². The zero-order valence-electron chi connectivity index (χ0n) is 16.3. The van der Waals surface area contributed by atoms with Crippen molar-refractivity contribution in [2.24, 2.45) is 10.9 Å². The third-order valence-electron chi connectivity index (χ3n) is 4.63. The second-order valence-corrected chi connectivity index (χ2v) is 8.30. The molecule has 1 fully saturated rings. The largest absolute Gasteiger partial charge is 0.357 e. The maximum Gasteiger partial charge on any atom is 0.191 e. The monoisotopic (exact) mass is 365 g/mol. The summed E-state index contributed by atoms with van der Waals surface area (Å²) in [5.41, 5.74) is 0. The van der Waals surface area contributed by atoms with Crippen LogP contribution in [0, 0.1) is 12.8 Å². The average Bonchev–Trinajstić information content (AvgIpc) is 3.03. The number of rotatable bonds is 8. The summed E-state index contributed by atoms with van der Waals surface area (Å²) in [5, 5.41) is 6.87. The molecule has 1 saturated heterocycles. The summed E-state index contributed by atoms with van der Waals surface area (Å²) in [7, 11) is 0. The molecular formula is C19H35N5S. The van der Waals surface area contributed by atoms with Crippen LogP contribution in [0.4, 0.5) is 0 Å². The van der Waals surface area contributed by atoms with Crippen LogP contribution in [0.3, 0.4) is 0 Å². The van der Waals surface area contributed by atoms with E-state index in [1.807, 2.05) is 11.3 Å². The molecule has 2 N–H and O–H groups in total. The van der Waals surface area contributed by atoms with Crippen molar-refractivity contribution in [1.29, 1.82) is 0 Å². The zero-order chi connectivity index (χ0) is 18.1. The third-order valence-corrected chi connectivity index (χ3v) is 5.62. The van der Waals surface area contributed by atoms with Crippen LogP contribution in [0.25, 0.3) is 0 Å². The van der Waals surface area contributed by atoms with E-state index in [-0.39, 0.29) is 0 Å². The van der Waals surface area contributed by atoms with E-state index in [4.69, 9.17) is 4.99 Å². The van der Waals surface area contributed by atoms with Gasteiger partial charge in [0.25, 0.3) is 0 Å². The van der Waals surface area contributed by atoms with Crippen LogP contribution in [-0.2, 0) is 6.54 Å². The second kappa shape index (κ2) is 10.8. The van der Waals surface area contributed by atoms with Gasteiger partial charge in [-0.3, -0.25) is 0 Å². The molecule has 2 rings (SSSR count). The van der Waals surface area contributed by atoms with Gasteiger partial charge in [0.2, 0.25) is 0 Å². The molecule has 142 valence electrons. The van der Waals surface area contributed by atoms with Gasteiger partial charge in [-0.15, -0.1) is 11.3 Å². The van der Waals surface area contributed by atoms with Crippen LogP contribution in [0.15, 0.2) is 17.1 Å². The number of nitrogens with one attached hydrogen (secondary N) is 2. The number of thiophene rings is 1. The van der Waals surface area contributed by atoms with E-state index >= 15 is 0 Å². The molecule has 1 aliphatic rings. The van der Waals surface area contributed by atoms with Gasteiger partial charge >= 0.3 is 0 Å². The van der Waals surface area contributed by atoms with E-state index in [1.165, 1.54) is 42.5 Å². The summed E-state index contributed by atoms with van der Waals surface area (Å²) in [5.74, 6) is 1.54. The van der Waals surface area contributed by atoms with Crippen molar-refractivity contribution < 1.29 is 0 Å². The van der Waals surface area contributed by atoms with E-state index in [9.17, 15) is 0 Å². The first kappa shape index (κ1) is 20.2. The summed E-state index contributed by atoms with van der Waals surface area (Å²) < 4.78 is 0. The molecule has 1 unspecified atom stereocenters. The van der Waals surface area contributed by atoms with Crippen molar-refractivity contribution in [3.63, 3.8) is 0 Å². The minimum Gasteiger partial charge on any atom is -0.357 e. The fraction of sp³-hybridized carbons (Fsp3) is 0.737. The molecule has 0 radical (unpaired) electrons. The molecule has 1 atom stereocenters. The molecule has 0 aliphatic carbocycles. The minimum atomic E-state index is 0.612.